The minimum Gasteiger partial charge on any atom is -0.444 e. The number of ether oxygens (including phenoxy) is 3. The van der Waals surface area contributed by atoms with Gasteiger partial charge in [-0.15, -0.1) is 0 Å². The molecule has 21 heavy (non-hydrogen) atoms. The number of alkyl carbamates (subject to hydrolysis) is 1. The molecule has 0 heterocycles. The second-order valence-corrected chi connectivity index (χ2v) is 8.11. The lowest BCUT2D eigenvalue weighted by molar-refractivity contribution is -0.0154. The van der Waals surface area contributed by atoms with Crippen molar-refractivity contribution in [1.29, 1.82) is 0 Å². The first-order valence-electron chi connectivity index (χ1n) is 7.40. The van der Waals surface area contributed by atoms with Crippen LogP contribution in [0.1, 0.15) is 48.5 Å². The monoisotopic (exact) mass is 303 g/mol. The third-order valence-corrected chi connectivity index (χ3v) is 2.63. The average Bonchev–Trinajstić information content (AvgIpc) is 2.23. The zero-order valence-electron chi connectivity index (χ0n) is 15.0. The highest BCUT2D eigenvalue weighted by Crippen LogP contribution is 2.19. The van der Waals surface area contributed by atoms with E-state index >= 15 is 0 Å². The van der Waals surface area contributed by atoms with E-state index in [1.165, 1.54) is 0 Å². The molecule has 0 aliphatic carbocycles. The molecule has 1 amide bonds. The fourth-order valence-electron chi connectivity index (χ4n) is 1.71. The molecule has 5 heteroatoms. The minimum absolute atomic E-state index is 0.0105. The molecular weight excluding hydrogens is 270 g/mol. The molecule has 0 aromatic carbocycles. The first kappa shape index (κ1) is 20.2. The third-order valence-electron chi connectivity index (χ3n) is 2.63. The van der Waals surface area contributed by atoms with E-state index < -0.39 is 11.7 Å². The van der Waals surface area contributed by atoms with Crippen LogP contribution in [0.2, 0.25) is 0 Å². The van der Waals surface area contributed by atoms with E-state index in [1.807, 2.05) is 34.6 Å². The molecule has 0 saturated carbocycles. The second-order valence-electron chi connectivity index (χ2n) is 8.11. The fourth-order valence-corrected chi connectivity index (χ4v) is 1.71. The number of rotatable bonds is 8. The Morgan fingerprint density at radius 1 is 0.905 bits per heavy atom. The number of amides is 1. The van der Waals surface area contributed by atoms with Crippen LogP contribution in [0.25, 0.3) is 0 Å². The number of carbonyl (C=O) groups excluding carboxylic acids is 1. The van der Waals surface area contributed by atoms with Gasteiger partial charge in [-0.2, -0.15) is 0 Å². The number of carbonyl (C=O) groups is 1. The first-order chi connectivity index (χ1) is 9.37. The number of methoxy groups -OCH3 is 1. The Balaban J connectivity index is 4.07. The van der Waals surface area contributed by atoms with Crippen molar-refractivity contribution in [3.8, 4) is 0 Å². The Hall–Kier alpha value is -0.810. The normalized spacial score (nSPS) is 13.1. The van der Waals surface area contributed by atoms with Crippen LogP contribution >= 0.6 is 0 Å². The van der Waals surface area contributed by atoms with Crippen molar-refractivity contribution in [2.24, 2.45) is 10.8 Å². The second kappa shape index (κ2) is 7.99. The molecule has 126 valence electrons. The molecular formula is C16H33NO4. The van der Waals surface area contributed by atoms with Crippen LogP contribution in [0.3, 0.4) is 0 Å². The van der Waals surface area contributed by atoms with Crippen molar-refractivity contribution in [2.45, 2.75) is 54.1 Å². The van der Waals surface area contributed by atoms with Crippen LogP contribution in [-0.4, -0.2) is 45.2 Å². The van der Waals surface area contributed by atoms with E-state index in [9.17, 15) is 4.79 Å². The molecule has 0 spiro atoms. The quantitative estimate of drug-likeness (QED) is 0.748. The summed E-state index contributed by atoms with van der Waals surface area (Å²) in [6.45, 7) is 16.2. The lowest BCUT2D eigenvalue weighted by Crippen LogP contribution is -2.40. The molecule has 0 atom stereocenters. The van der Waals surface area contributed by atoms with Crippen LogP contribution in [0.15, 0.2) is 0 Å². The van der Waals surface area contributed by atoms with E-state index in [-0.39, 0.29) is 10.8 Å². The topological polar surface area (TPSA) is 56.8 Å². The van der Waals surface area contributed by atoms with Gasteiger partial charge in [0.2, 0.25) is 0 Å². The van der Waals surface area contributed by atoms with Crippen LogP contribution < -0.4 is 5.32 Å². The Labute approximate surface area is 129 Å². The average molecular weight is 303 g/mol. The maximum atomic E-state index is 11.6. The van der Waals surface area contributed by atoms with E-state index in [0.717, 1.165) is 0 Å². The van der Waals surface area contributed by atoms with Crippen LogP contribution in [-0.2, 0) is 14.2 Å². The summed E-state index contributed by atoms with van der Waals surface area (Å²) in [5.74, 6) is 0. The molecule has 0 aliphatic rings. The Morgan fingerprint density at radius 2 is 1.43 bits per heavy atom. The van der Waals surface area contributed by atoms with Crippen molar-refractivity contribution in [3.05, 3.63) is 0 Å². The minimum atomic E-state index is -0.477. The number of hydrogen-bond donors (Lipinski definition) is 1. The van der Waals surface area contributed by atoms with E-state index in [0.29, 0.717) is 26.4 Å². The van der Waals surface area contributed by atoms with Crippen molar-refractivity contribution < 1.29 is 19.0 Å². The molecule has 0 saturated heterocycles. The molecule has 0 rings (SSSR count). The van der Waals surface area contributed by atoms with Gasteiger partial charge >= 0.3 is 6.09 Å². The van der Waals surface area contributed by atoms with Gasteiger partial charge in [-0.05, 0) is 20.8 Å². The SMILES string of the molecule is COCC(C)(C)COCC(C)(C)CNC(=O)OC(C)(C)C. The van der Waals surface area contributed by atoms with Gasteiger partial charge in [-0.3, -0.25) is 0 Å². The van der Waals surface area contributed by atoms with Gasteiger partial charge in [-0.1, -0.05) is 27.7 Å². The highest BCUT2D eigenvalue weighted by molar-refractivity contribution is 5.67. The molecule has 0 radical (unpaired) electrons. The zero-order chi connectivity index (χ0) is 16.7. The van der Waals surface area contributed by atoms with Gasteiger partial charge < -0.3 is 19.5 Å². The summed E-state index contributed by atoms with van der Waals surface area (Å²) in [6.07, 6.45) is -0.393. The third kappa shape index (κ3) is 11.5. The van der Waals surface area contributed by atoms with Crippen molar-refractivity contribution >= 4 is 6.09 Å². The van der Waals surface area contributed by atoms with E-state index in [1.54, 1.807) is 7.11 Å². The highest BCUT2D eigenvalue weighted by atomic mass is 16.6. The maximum absolute atomic E-state index is 11.6. The van der Waals surface area contributed by atoms with Crippen LogP contribution in [0.5, 0.6) is 0 Å². The molecule has 0 unspecified atom stereocenters. The zero-order valence-corrected chi connectivity index (χ0v) is 15.0. The predicted molar refractivity (Wildman–Crippen MR) is 84.5 cm³/mol. The summed E-state index contributed by atoms with van der Waals surface area (Å²) in [5.41, 5.74) is -0.640. The largest absolute Gasteiger partial charge is 0.444 e. The fraction of sp³-hybridized carbons (Fsp3) is 0.938. The van der Waals surface area contributed by atoms with Gasteiger partial charge in [0.05, 0.1) is 19.8 Å². The smallest absolute Gasteiger partial charge is 0.407 e. The molecule has 0 aliphatic heterocycles. The summed E-state index contributed by atoms with van der Waals surface area (Å²) in [4.78, 5) is 11.6. The van der Waals surface area contributed by atoms with Gasteiger partial charge in [0.25, 0.3) is 0 Å². The Kier molecular flexibility index (Phi) is 7.68. The lowest BCUT2D eigenvalue weighted by atomic mass is 9.93. The summed E-state index contributed by atoms with van der Waals surface area (Å²) in [5, 5.41) is 2.79. The summed E-state index contributed by atoms with van der Waals surface area (Å²) in [6, 6.07) is 0. The summed E-state index contributed by atoms with van der Waals surface area (Å²) in [7, 11) is 1.69. The van der Waals surface area contributed by atoms with Crippen LogP contribution in [0, 0.1) is 10.8 Å². The van der Waals surface area contributed by atoms with Gasteiger partial charge in [0, 0.05) is 24.5 Å². The maximum Gasteiger partial charge on any atom is 0.407 e. The lowest BCUT2D eigenvalue weighted by Gasteiger charge is -2.29. The summed E-state index contributed by atoms with van der Waals surface area (Å²) < 4.78 is 16.2. The van der Waals surface area contributed by atoms with Crippen molar-refractivity contribution in [1.82, 2.24) is 5.32 Å². The molecule has 0 aromatic rings. The van der Waals surface area contributed by atoms with Gasteiger partial charge in [-0.25, -0.2) is 4.79 Å². The molecule has 5 nitrogen and oxygen atoms in total. The van der Waals surface area contributed by atoms with Crippen LogP contribution in [0.4, 0.5) is 4.79 Å². The Bertz CT molecular complexity index is 319. The highest BCUT2D eigenvalue weighted by Gasteiger charge is 2.24. The predicted octanol–water partition coefficient (Wildman–Crippen LogP) is 3.23. The van der Waals surface area contributed by atoms with Gasteiger partial charge in [0.15, 0.2) is 0 Å². The number of nitrogens with one attached hydrogen (secondary N) is 1. The van der Waals surface area contributed by atoms with Gasteiger partial charge in [0.1, 0.15) is 5.60 Å². The first-order valence-corrected chi connectivity index (χ1v) is 7.40. The summed E-state index contributed by atoms with van der Waals surface area (Å²) >= 11 is 0. The molecule has 0 aromatic heterocycles. The van der Waals surface area contributed by atoms with Crippen molar-refractivity contribution in [3.63, 3.8) is 0 Å². The molecule has 0 bridgehead atoms. The Morgan fingerprint density at radius 3 is 1.90 bits per heavy atom. The molecule has 1 N–H and O–H groups in total. The van der Waals surface area contributed by atoms with Crippen molar-refractivity contribution in [2.75, 3.05) is 33.5 Å². The number of hydrogen-bond acceptors (Lipinski definition) is 4. The molecule has 0 fully saturated rings. The standard InChI is InChI=1S/C16H33NO4/c1-14(2,3)21-13(18)17-9-15(4,5)11-20-12-16(6,7)10-19-8/h9-12H2,1-8H3,(H,17,18). The van der Waals surface area contributed by atoms with E-state index in [2.05, 4.69) is 19.2 Å². The van der Waals surface area contributed by atoms with E-state index in [4.69, 9.17) is 14.2 Å².